The number of thiophene rings is 1. The van der Waals surface area contributed by atoms with Gasteiger partial charge in [0.2, 0.25) is 5.91 Å². The zero-order valence-corrected chi connectivity index (χ0v) is 14.4. The predicted molar refractivity (Wildman–Crippen MR) is 95.1 cm³/mol. The number of thiazole rings is 1. The van der Waals surface area contributed by atoms with Gasteiger partial charge in [0.1, 0.15) is 0 Å². The number of anilines is 1. The molecule has 2 N–H and O–H groups in total. The van der Waals surface area contributed by atoms with Crippen molar-refractivity contribution in [3.63, 3.8) is 0 Å². The first-order valence-electron chi connectivity index (χ1n) is 7.12. The highest BCUT2D eigenvalue weighted by Crippen LogP contribution is 2.30. The second-order valence-electron chi connectivity index (χ2n) is 4.90. The Bertz CT molecular complexity index is 858. The molecule has 6 nitrogen and oxygen atoms in total. The average molecular weight is 358 g/mol. The van der Waals surface area contributed by atoms with E-state index in [9.17, 15) is 9.59 Å². The number of carbonyl (C=O) groups excluding carboxylic acids is 2. The lowest BCUT2D eigenvalue weighted by molar-refractivity contribution is -0.119. The van der Waals surface area contributed by atoms with Gasteiger partial charge in [-0.05, 0) is 24.3 Å². The first-order valence-corrected chi connectivity index (χ1v) is 8.82. The summed E-state index contributed by atoms with van der Waals surface area (Å²) in [4.78, 5) is 33.4. The summed E-state index contributed by atoms with van der Waals surface area (Å²) in [6.07, 6.45) is 3.15. The maximum atomic E-state index is 12.1. The summed E-state index contributed by atoms with van der Waals surface area (Å²) in [7, 11) is 0. The van der Waals surface area contributed by atoms with Crippen LogP contribution in [0.5, 0.6) is 0 Å². The molecule has 0 unspecified atom stereocenters. The molecule has 0 radical (unpaired) electrons. The number of amides is 2. The Morgan fingerprint density at radius 2 is 1.96 bits per heavy atom. The molecule has 3 aromatic rings. The van der Waals surface area contributed by atoms with Gasteiger partial charge in [-0.2, -0.15) is 0 Å². The number of nitrogens with one attached hydrogen (secondary N) is 2. The summed E-state index contributed by atoms with van der Waals surface area (Å²) in [5.41, 5.74) is 1.35. The zero-order valence-electron chi connectivity index (χ0n) is 12.8. The van der Waals surface area contributed by atoms with Crippen LogP contribution in [0.15, 0.2) is 42.0 Å². The summed E-state index contributed by atoms with van der Waals surface area (Å²) in [6, 6.07) is 7.23. The van der Waals surface area contributed by atoms with Gasteiger partial charge < -0.3 is 5.32 Å². The van der Waals surface area contributed by atoms with E-state index in [-0.39, 0.29) is 11.8 Å². The van der Waals surface area contributed by atoms with Crippen LogP contribution in [0.2, 0.25) is 0 Å². The molecular weight excluding hydrogens is 344 g/mol. The predicted octanol–water partition coefficient (Wildman–Crippen LogP) is 3.16. The van der Waals surface area contributed by atoms with Crippen molar-refractivity contribution in [2.45, 2.75) is 13.5 Å². The lowest BCUT2D eigenvalue weighted by atomic mass is 10.2. The molecule has 0 spiro atoms. The average Bonchev–Trinajstić information content (AvgIpc) is 3.22. The van der Waals surface area contributed by atoms with Crippen molar-refractivity contribution < 1.29 is 9.59 Å². The molecule has 3 aromatic heterocycles. The van der Waals surface area contributed by atoms with Crippen LogP contribution in [0.25, 0.3) is 10.6 Å². The van der Waals surface area contributed by atoms with Crippen molar-refractivity contribution in [1.29, 1.82) is 0 Å². The molecule has 0 fully saturated rings. The monoisotopic (exact) mass is 358 g/mol. The standard InChI is InChI=1S/C16H14N4O2S2/c1-10(21)18-8-12-2-3-14(24-12)13-9-23-16(19-13)20-15(22)11-4-6-17-7-5-11/h2-7,9H,8H2,1H3,(H,18,21)(H,19,20,22). The van der Waals surface area contributed by atoms with Crippen molar-refractivity contribution in [1.82, 2.24) is 15.3 Å². The molecule has 0 bridgehead atoms. The van der Waals surface area contributed by atoms with Gasteiger partial charge >= 0.3 is 0 Å². The van der Waals surface area contributed by atoms with Crippen LogP contribution in [-0.4, -0.2) is 21.8 Å². The molecular formula is C16H14N4O2S2. The largest absolute Gasteiger partial charge is 0.351 e. The molecule has 122 valence electrons. The molecule has 0 aromatic carbocycles. The Kier molecular flexibility index (Phi) is 4.97. The normalized spacial score (nSPS) is 10.4. The molecule has 0 aliphatic heterocycles. The van der Waals surface area contributed by atoms with Crippen LogP contribution in [0.1, 0.15) is 22.2 Å². The van der Waals surface area contributed by atoms with Crippen LogP contribution in [0.3, 0.4) is 0 Å². The Balaban J connectivity index is 1.67. The fraction of sp³-hybridized carbons (Fsp3) is 0.125. The Morgan fingerprint density at radius 1 is 1.17 bits per heavy atom. The molecule has 8 heteroatoms. The molecule has 2 amide bonds. The number of rotatable bonds is 5. The highest BCUT2D eigenvalue weighted by Gasteiger charge is 2.11. The third kappa shape index (κ3) is 4.03. The molecule has 3 heterocycles. The van der Waals surface area contributed by atoms with Gasteiger partial charge in [0, 0.05) is 35.1 Å². The molecule has 24 heavy (non-hydrogen) atoms. The van der Waals surface area contributed by atoms with Gasteiger partial charge in [0.15, 0.2) is 5.13 Å². The minimum Gasteiger partial charge on any atom is -0.351 e. The summed E-state index contributed by atoms with van der Waals surface area (Å²) in [5.74, 6) is -0.268. The number of aromatic nitrogens is 2. The van der Waals surface area contributed by atoms with E-state index in [1.165, 1.54) is 18.3 Å². The SMILES string of the molecule is CC(=O)NCc1ccc(-c2csc(NC(=O)c3ccncc3)n2)s1. The molecule has 0 aliphatic carbocycles. The summed E-state index contributed by atoms with van der Waals surface area (Å²) >= 11 is 2.94. The molecule has 3 rings (SSSR count). The topological polar surface area (TPSA) is 84.0 Å². The molecule has 0 saturated heterocycles. The summed E-state index contributed by atoms with van der Waals surface area (Å²) < 4.78 is 0. The van der Waals surface area contributed by atoms with Gasteiger partial charge in [-0.15, -0.1) is 22.7 Å². The van der Waals surface area contributed by atoms with Crippen LogP contribution < -0.4 is 10.6 Å². The van der Waals surface area contributed by atoms with Gasteiger partial charge in [-0.1, -0.05) is 0 Å². The number of hydrogen-bond acceptors (Lipinski definition) is 6. The van der Waals surface area contributed by atoms with Crippen LogP contribution >= 0.6 is 22.7 Å². The van der Waals surface area contributed by atoms with Crippen molar-refractivity contribution in [2.24, 2.45) is 0 Å². The third-order valence-corrected chi connectivity index (χ3v) is 4.96. The number of pyridine rings is 1. The fourth-order valence-corrected chi connectivity index (χ4v) is 3.63. The number of nitrogens with zero attached hydrogens (tertiary/aromatic N) is 2. The van der Waals surface area contributed by atoms with E-state index >= 15 is 0 Å². The van der Waals surface area contributed by atoms with E-state index in [1.807, 2.05) is 17.5 Å². The first kappa shape index (κ1) is 16.3. The zero-order chi connectivity index (χ0) is 16.9. The number of carbonyl (C=O) groups is 2. The molecule has 0 atom stereocenters. The van der Waals surface area contributed by atoms with Crippen LogP contribution in [0.4, 0.5) is 5.13 Å². The lowest BCUT2D eigenvalue weighted by Gasteiger charge is -2.00. The van der Waals surface area contributed by atoms with Gasteiger partial charge in [0.25, 0.3) is 5.91 Å². The van der Waals surface area contributed by atoms with Crippen LogP contribution in [0, 0.1) is 0 Å². The van der Waals surface area contributed by atoms with Crippen molar-refractivity contribution >= 4 is 39.6 Å². The highest BCUT2D eigenvalue weighted by molar-refractivity contribution is 7.17. The Labute approximate surface area is 146 Å². The smallest absolute Gasteiger partial charge is 0.257 e. The van der Waals surface area contributed by atoms with Crippen LogP contribution in [-0.2, 0) is 11.3 Å². The van der Waals surface area contributed by atoms with Gasteiger partial charge in [-0.25, -0.2) is 4.98 Å². The van der Waals surface area contributed by atoms with Crippen molar-refractivity contribution in [2.75, 3.05) is 5.32 Å². The quantitative estimate of drug-likeness (QED) is 0.734. The van der Waals surface area contributed by atoms with Crippen molar-refractivity contribution in [3.8, 4) is 10.6 Å². The Morgan fingerprint density at radius 3 is 2.71 bits per heavy atom. The summed E-state index contributed by atoms with van der Waals surface area (Å²) in [5, 5.41) is 8.00. The second kappa shape index (κ2) is 7.33. The molecule has 0 aliphatic rings. The van der Waals surface area contributed by atoms with Crippen molar-refractivity contribution in [3.05, 3.63) is 52.5 Å². The summed E-state index contributed by atoms with van der Waals surface area (Å²) in [6.45, 7) is 2.00. The minimum absolute atomic E-state index is 0.0558. The first-order chi connectivity index (χ1) is 11.6. The maximum absolute atomic E-state index is 12.1. The lowest BCUT2D eigenvalue weighted by Crippen LogP contribution is -2.17. The second-order valence-corrected chi connectivity index (χ2v) is 6.93. The maximum Gasteiger partial charge on any atom is 0.257 e. The van der Waals surface area contributed by atoms with E-state index in [2.05, 4.69) is 20.6 Å². The Hall–Kier alpha value is -2.58. The van der Waals surface area contributed by atoms with E-state index in [0.29, 0.717) is 17.2 Å². The van der Waals surface area contributed by atoms with Gasteiger partial charge in [-0.3, -0.25) is 19.9 Å². The van der Waals surface area contributed by atoms with Gasteiger partial charge in [0.05, 0.1) is 17.1 Å². The third-order valence-electron chi connectivity index (χ3n) is 3.09. The van der Waals surface area contributed by atoms with E-state index in [0.717, 1.165) is 15.4 Å². The number of hydrogen-bond donors (Lipinski definition) is 2. The fourth-order valence-electron chi connectivity index (χ4n) is 1.94. The molecule has 0 saturated carbocycles. The van der Waals surface area contributed by atoms with E-state index < -0.39 is 0 Å². The van der Waals surface area contributed by atoms with E-state index in [4.69, 9.17) is 0 Å². The highest BCUT2D eigenvalue weighted by atomic mass is 32.1. The van der Waals surface area contributed by atoms with E-state index in [1.54, 1.807) is 35.9 Å². The minimum atomic E-state index is -0.212.